The largest absolute Gasteiger partial charge is 0.510 e. The first-order chi connectivity index (χ1) is 6.43. The van der Waals surface area contributed by atoms with Gasteiger partial charge in [0, 0.05) is 0 Å². The monoisotopic (exact) mass is 246 g/mol. The number of carbonyl (C=O) groups excluding carboxylic acids is 1. The standard InChI is InChI=1S/C3H3ClO3.C2H3Cl.CH2O3/c4-2-1-6-3(5)7-2;1-2-3;2-1(3)4/h2H,1H2;2H,1H2;(H2,2,3,4). The third-order valence-corrected chi connectivity index (χ3v) is 0.771. The summed E-state index contributed by atoms with van der Waals surface area (Å²) >= 11 is 10.0. The summed E-state index contributed by atoms with van der Waals surface area (Å²) < 4.78 is 8.54. The summed E-state index contributed by atoms with van der Waals surface area (Å²) in [4.78, 5) is 18.5. The lowest BCUT2D eigenvalue weighted by molar-refractivity contribution is 0.128. The number of hydrogen-bond donors (Lipinski definition) is 2. The normalized spacial score (nSPS) is 17.3. The molecule has 6 nitrogen and oxygen atoms in total. The molecule has 1 rings (SSSR count). The van der Waals surface area contributed by atoms with E-state index in [1.165, 1.54) is 5.54 Å². The van der Waals surface area contributed by atoms with Crippen LogP contribution in [-0.4, -0.2) is 34.7 Å². The van der Waals surface area contributed by atoms with Crippen LogP contribution >= 0.6 is 23.2 Å². The number of carbonyl (C=O) groups is 2. The van der Waals surface area contributed by atoms with Crippen molar-refractivity contribution in [1.82, 2.24) is 0 Å². The van der Waals surface area contributed by atoms with Gasteiger partial charge < -0.3 is 19.7 Å². The second-order valence-electron chi connectivity index (χ2n) is 1.53. The number of ether oxygens (including phenoxy) is 2. The van der Waals surface area contributed by atoms with Crippen molar-refractivity contribution in [1.29, 1.82) is 0 Å². The topological polar surface area (TPSA) is 93.1 Å². The number of halogens is 2. The molecule has 8 heteroatoms. The fourth-order valence-electron chi connectivity index (χ4n) is 0.306. The maximum Gasteiger partial charge on any atom is 0.510 e. The Hall–Kier alpha value is -1.14. The van der Waals surface area contributed by atoms with Gasteiger partial charge in [-0.05, 0) is 5.54 Å². The molecule has 0 bridgehead atoms. The molecule has 0 aromatic heterocycles. The molecule has 82 valence electrons. The molecule has 0 aromatic carbocycles. The van der Waals surface area contributed by atoms with Gasteiger partial charge in [0.2, 0.25) is 5.56 Å². The molecule has 0 aromatic rings. The molecule has 1 fully saturated rings. The molecule has 1 atom stereocenters. The number of hydrogen-bond acceptors (Lipinski definition) is 4. The Bertz CT molecular complexity index is 191. The zero-order chi connectivity index (χ0) is 11.6. The molecule has 1 aliphatic rings. The van der Waals surface area contributed by atoms with Crippen molar-refractivity contribution in [3.05, 3.63) is 12.1 Å². The van der Waals surface area contributed by atoms with Gasteiger partial charge in [-0.2, -0.15) is 0 Å². The summed E-state index contributed by atoms with van der Waals surface area (Å²) in [5.74, 6) is 0. The third-order valence-electron chi connectivity index (χ3n) is 0.556. The molecular formula is C6H8Cl2O6. The van der Waals surface area contributed by atoms with Gasteiger partial charge in [0.25, 0.3) is 0 Å². The molecule has 2 N–H and O–H groups in total. The van der Waals surface area contributed by atoms with E-state index in [9.17, 15) is 4.79 Å². The van der Waals surface area contributed by atoms with E-state index in [2.05, 4.69) is 16.1 Å². The predicted molar refractivity (Wildman–Crippen MR) is 48.8 cm³/mol. The van der Waals surface area contributed by atoms with Crippen molar-refractivity contribution >= 4 is 35.5 Å². The molecule has 0 aliphatic carbocycles. The summed E-state index contributed by atoms with van der Waals surface area (Å²) in [6.07, 6.45) is -2.51. The smallest absolute Gasteiger partial charge is 0.450 e. The summed E-state index contributed by atoms with van der Waals surface area (Å²) in [5.41, 5.74) is 0.646. The first-order valence-electron chi connectivity index (χ1n) is 3.04. The van der Waals surface area contributed by atoms with Crippen LogP contribution < -0.4 is 0 Å². The van der Waals surface area contributed by atoms with Gasteiger partial charge in [0.15, 0.2) is 0 Å². The van der Waals surface area contributed by atoms with Crippen molar-refractivity contribution < 1.29 is 29.3 Å². The van der Waals surface area contributed by atoms with Crippen LogP contribution in [0.2, 0.25) is 0 Å². The highest BCUT2D eigenvalue weighted by Crippen LogP contribution is 2.08. The summed E-state index contributed by atoms with van der Waals surface area (Å²) in [7, 11) is 0. The number of alkyl halides is 1. The fraction of sp³-hybridized carbons (Fsp3) is 0.333. The van der Waals surface area contributed by atoms with E-state index in [1.54, 1.807) is 0 Å². The summed E-state index contributed by atoms with van der Waals surface area (Å²) in [5, 5.41) is 13.9. The average Bonchev–Trinajstić information content (AvgIpc) is 2.34. The Labute approximate surface area is 89.6 Å². The molecule has 1 heterocycles. The van der Waals surface area contributed by atoms with Crippen LogP contribution in [0.3, 0.4) is 0 Å². The third kappa shape index (κ3) is 17.1. The molecule has 1 saturated heterocycles. The lowest BCUT2D eigenvalue weighted by Crippen LogP contribution is -1.97. The first-order valence-corrected chi connectivity index (χ1v) is 3.91. The Morgan fingerprint density at radius 2 is 2.00 bits per heavy atom. The Kier molecular flexibility index (Phi) is 10.9. The van der Waals surface area contributed by atoms with Crippen LogP contribution in [0.1, 0.15) is 0 Å². The van der Waals surface area contributed by atoms with Crippen LogP contribution in [0.25, 0.3) is 0 Å². The van der Waals surface area contributed by atoms with Crippen LogP contribution in [0.5, 0.6) is 0 Å². The number of carboxylic acid groups (broad SMARTS) is 2. The SMILES string of the molecule is C=CCl.O=C(O)O.O=C1OCC(Cl)O1. The molecular weight excluding hydrogens is 239 g/mol. The van der Waals surface area contributed by atoms with Gasteiger partial charge in [-0.15, -0.1) is 0 Å². The number of cyclic esters (lactones) is 2. The van der Waals surface area contributed by atoms with Gasteiger partial charge in [0.1, 0.15) is 6.61 Å². The van der Waals surface area contributed by atoms with E-state index >= 15 is 0 Å². The minimum absolute atomic E-state index is 0.167. The van der Waals surface area contributed by atoms with E-state index in [0.717, 1.165) is 0 Å². The summed E-state index contributed by atoms with van der Waals surface area (Å²) in [6.45, 7) is 3.29. The van der Waals surface area contributed by atoms with Crippen LogP contribution in [0.4, 0.5) is 9.59 Å². The van der Waals surface area contributed by atoms with Gasteiger partial charge in [-0.3, -0.25) is 0 Å². The van der Waals surface area contributed by atoms with Gasteiger partial charge in [0.05, 0.1) is 0 Å². The molecule has 0 spiro atoms. The zero-order valence-electron chi connectivity index (χ0n) is 6.85. The highest BCUT2D eigenvalue weighted by Gasteiger charge is 2.21. The van der Waals surface area contributed by atoms with Crippen molar-refractivity contribution in [3.8, 4) is 0 Å². The molecule has 0 radical (unpaired) electrons. The second kappa shape index (κ2) is 9.94. The van der Waals surface area contributed by atoms with Crippen molar-refractivity contribution in [2.75, 3.05) is 6.61 Å². The van der Waals surface area contributed by atoms with Gasteiger partial charge in [-0.1, -0.05) is 29.8 Å². The Balaban J connectivity index is 0. The number of rotatable bonds is 0. The lowest BCUT2D eigenvalue weighted by atomic mass is 10.8. The molecule has 0 saturated carbocycles. The Morgan fingerprint density at radius 1 is 1.64 bits per heavy atom. The van der Waals surface area contributed by atoms with Gasteiger partial charge in [-0.25, -0.2) is 9.59 Å². The fourth-order valence-corrected chi connectivity index (χ4v) is 0.442. The average molecular weight is 247 g/mol. The minimum Gasteiger partial charge on any atom is -0.450 e. The molecule has 0 amide bonds. The van der Waals surface area contributed by atoms with E-state index in [1.807, 2.05) is 0 Å². The minimum atomic E-state index is -1.83. The van der Waals surface area contributed by atoms with Crippen LogP contribution in [0.15, 0.2) is 12.1 Å². The van der Waals surface area contributed by atoms with E-state index in [-0.39, 0.29) is 6.61 Å². The highest BCUT2D eigenvalue weighted by atomic mass is 35.5. The maximum absolute atomic E-state index is 9.92. The Morgan fingerprint density at radius 3 is 2.07 bits per heavy atom. The maximum atomic E-state index is 9.92. The van der Waals surface area contributed by atoms with Crippen molar-refractivity contribution in [2.24, 2.45) is 0 Å². The van der Waals surface area contributed by atoms with E-state index < -0.39 is 17.9 Å². The van der Waals surface area contributed by atoms with Gasteiger partial charge >= 0.3 is 12.3 Å². The molecule has 14 heavy (non-hydrogen) atoms. The molecule has 1 unspecified atom stereocenters. The van der Waals surface area contributed by atoms with Crippen molar-refractivity contribution in [3.63, 3.8) is 0 Å². The van der Waals surface area contributed by atoms with E-state index in [0.29, 0.717) is 0 Å². The first kappa shape index (κ1) is 15.3. The van der Waals surface area contributed by atoms with Crippen molar-refractivity contribution in [2.45, 2.75) is 5.56 Å². The molecule has 1 aliphatic heterocycles. The van der Waals surface area contributed by atoms with E-state index in [4.69, 9.17) is 38.2 Å². The predicted octanol–water partition coefficient (Wildman–Crippen LogP) is 2.31. The highest BCUT2D eigenvalue weighted by molar-refractivity contribution is 6.25. The van der Waals surface area contributed by atoms with Crippen LogP contribution in [0, 0.1) is 0 Å². The second-order valence-corrected chi connectivity index (χ2v) is 2.32. The van der Waals surface area contributed by atoms with Crippen LogP contribution in [-0.2, 0) is 9.47 Å². The summed E-state index contributed by atoms with van der Waals surface area (Å²) in [6, 6.07) is 0. The quantitative estimate of drug-likeness (QED) is 0.503. The lowest BCUT2D eigenvalue weighted by Gasteiger charge is -1.87. The zero-order valence-corrected chi connectivity index (χ0v) is 8.36.